The SMILES string of the molecule is CCOC(=O)c1sc2nc([C@H](C)Nc3ccccc3OC)[nH]c(=O)c2c1C. The summed E-state index contributed by atoms with van der Waals surface area (Å²) in [6, 6.07) is 7.24. The van der Waals surface area contributed by atoms with Crippen LogP contribution in [0.1, 0.15) is 40.9 Å². The number of carbonyl (C=O) groups excluding carboxylic acids is 1. The van der Waals surface area contributed by atoms with Crippen molar-refractivity contribution in [2.75, 3.05) is 19.0 Å². The van der Waals surface area contributed by atoms with Crippen molar-refractivity contribution in [1.29, 1.82) is 0 Å². The zero-order valence-corrected chi connectivity index (χ0v) is 16.4. The van der Waals surface area contributed by atoms with Crippen LogP contribution in [0.25, 0.3) is 10.2 Å². The van der Waals surface area contributed by atoms with Crippen molar-refractivity contribution < 1.29 is 14.3 Å². The van der Waals surface area contributed by atoms with Crippen molar-refractivity contribution in [3.8, 4) is 5.75 Å². The lowest BCUT2D eigenvalue weighted by Crippen LogP contribution is -2.17. The number of hydrogen-bond acceptors (Lipinski definition) is 7. The van der Waals surface area contributed by atoms with E-state index in [4.69, 9.17) is 9.47 Å². The van der Waals surface area contributed by atoms with Crippen LogP contribution in [0, 0.1) is 6.92 Å². The summed E-state index contributed by atoms with van der Waals surface area (Å²) in [5.41, 5.74) is 1.12. The van der Waals surface area contributed by atoms with Crippen LogP contribution in [-0.2, 0) is 4.74 Å². The number of rotatable bonds is 6. The molecule has 2 aromatic heterocycles. The lowest BCUT2D eigenvalue weighted by atomic mass is 10.2. The van der Waals surface area contributed by atoms with Gasteiger partial charge in [-0.1, -0.05) is 12.1 Å². The molecule has 142 valence electrons. The van der Waals surface area contributed by atoms with E-state index in [1.807, 2.05) is 31.2 Å². The van der Waals surface area contributed by atoms with E-state index in [0.29, 0.717) is 32.2 Å². The Kier molecular flexibility index (Phi) is 5.46. The molecule has 7 nitrogen and oxygen atoms in total. The van der Waals surface area contributed by atoms with Gasteiger partial charge in [0.05, 0.1) is 30.8 Å². The molecule has 0 aliphatic carbocycles. The minimum atomic E-state index is -0.431. The maximum Gasteiger partial charge on any atom is 0.348 e. The molecule has 0 fully saturated rings. The zero-order chi connectivity index (χ0) is 19.6. The minimum Gasteiger partial charge on any atom is -0.495 e. The third kappa shape index (κ3) is 3.66. The first-order valence-electron chi connectivity index (χ1n) is 8.56. The van der Waals surface area contributed by atoms with Crippen LogP contribution in [0.15, 0.2) is 29.1 Å². The van der Waals surface area contributed by atoms with Gasteiger partial charge in [0.2, 0.25) is 0 Å². The van der Waals surface area contributed by atoms with Gasteiger partial charge in [0.1, 0.15) is 21.3 Å². The molecule has 0 unspecified atom stereocenters. The number of esters is 1. The van der Waals surface area contributed by atoms with Crippen LogP contribution in [0.2, 0.25) is 0 Å². The summed E-state index contributed by atoms with van der Waals surface area (Å²) in [7, 11) is 1.60. The summed E-state index contributed by atoms with van der Waals surface area (Å²) in [4.78, 5) is 33.0. The number of methoxy groups -OCH3 is 1. The monoisotopic (exact) mass is 387 g/mol. The highest BCUT2D eigenvalue weighted by Gasteiger charge is 2.21. The standard InChI is InChI=1S/C19H21N3O4S/c1-5-26-19(24)15-10(2)14-17(23)21-16(22-18(14)27-15)11(3)20-12-8-6-7-9-13(12)25-4/h6-9,11,20H,5H2,1-4H3,(H,21,22,23)/t11-/m0/s1. The Morgan fingerprint density at radius 3 is 2.81 bits per heavy atom. The van der Waals surface area contributed by atoms with E-state index < -0.39 is 5.97 Å². The largest absolute Gasteiger partial charge is 0.495 e. The average Bonchev–Trinajstić information content (AvgIpc) is 2.99. The molecule has 0 saturated carbocycles. The second-order valence-corrected chi connectivity index (χ2v) is 6.97. The lowest BCUT2D eigenvalue weighted by Gasteiger charge is -2.16. The average molecular weight is 387 g/mol. The van der Waals surface area contributed by atoms with Gasteiger partial charge in [-0.15, -0.1) is 11.3 Å². The van der Waals surface area contributed by atoms with Crippen LogP contribution in [-0.4, -0.2) is 29.7 Å². The molecule has 0 amide bonds. The molecule has 3 aromatic rings. The summed E-state index contributed by atoms with van der Waals surface area (Å²) in [6.07, 6.45) is 0. The lowest BCUT2D eigenvalue weighted by molar-refractivity contribution is 0.0531. The van der Waals surface area contributed by atoms with Gasteiger partial charge in [0, 0.05) is 0 Å². The number of anilines is 1. The summed E-state index contributed by atoms with van der Waals surface area (Å²) in [5.74, 6) is 0.749. The van der Waals surface area contributed by atoms with Crippen LogP contribution < -0.4 is 15.6 Å². The number of aromatic amines is 1. The first-order chi connectivity index (χ1) is 13.0. The fraction of sp³-hybridized carbons (Fsp3) is 0.316. The van der Waals surface area contributed by atoms with E-state index in [0.717, 1.165) is 5.69 Å². The molecule has 8 heteroatoms. The van der Waals surface area contributed by atoms with Gasteiger partial charge in [-0.2, -0.15) is 0 Å². The second-order valence-electron chi connectivity index (χ2n) is 5.97. The predicted octanol–water partition coefficient (Wildman–Crippen LogP) is 3.65. The number of aromatic nitrogens is 2. The van der Waals surface area contributed by atoms with Gasteiger partial charge in [-0.05, 0) is 38.5 Å². The van der Waals surface area contributed by atoms with E-state index in [-0.39, 0.29) is 18.2 Å². The number of nitrogens with one attached hydrogen (secondary N) is 2. The number of fused-ring (bicyclic) bond motifs is 1. The van der Waals surface area contributed by atoms with Gasteiger partial charge in [-0.3, -0.25) is 4.79 Å². The second kappa shape index (κ2) is 7.79. The molecular formula is C19H21N3O4S. The Morgan fingerprint density at radius 1 is 1.37 bits per heavy atom. The fourth-order valence-electron chi connectivity index (χ4n) is 2.82. The van der Waals surface area contributed by atoms with Crippen LogP contribution in [0.5, 0.6) is 5.75 Å². The van der Waals surface area contributed by atoms with Gasteiger partial charge >= 0.3 is 5.97 Å². The normalized spacial score (nSPS) is 12.0. The van der Waals surface area contributed by atoms with E-state index in [1.54, 1.807) is 21.0 Å². The van der Waals surface area contributed by atoms with E-state index in [1.165, 1.54) is 11.3 Å². The van der Waals surface area contributed by atoms with Gasteiger partial charge in [-0.25, -0.2) is 9.78 Å². The maximum atomic E-state index is 12.6. The molecule has 0 aliphatic heterocycles. The molecule has 0 radical (unpaired) electrons. The molecule has 0 bridgehead atoms. The van der Waals surface area contributed by atoms with Gasteiger partial charge in [0.25, 0.3) is 5.56 Å². The summed E-state index contributed by atoms with van der Waals surface area (Å²) >= 11 is 1.17. The topological polar surface area (TPSA) is 93.3 Å². The highest BCUT2D eigenvalue weighted by atomic mass is 32.1. The molecule has 2 N–H and O–H groups in total. The first-order valence-corrected chi connectivity index (χ1v) is 9.37. The minimum absolute atomic E-state index is 0.270. The molecular weight excluding hydrogens is 366 g/mol. The van der Waals surface area contributed by atoms with Gasteiger partial charge < -0.3 is 19.8 Å². The molecule has 1 atom stereocenters. The Bertz CT molecular complexity index is 1040. The first kappa shape index (κ1) is 18.9. The van der Waals surface area contributed by atoms with Crippen molar-refractivity contribution in [3.05, 3.63) is 50.9 Å². The van der Waals surface area contributed by atoms with Crippen LogP contribution in [0.4, 0.5) is 5.69 Å². The Balaban J connectivity index is 1.98. The molecule has 0 saturated heterocycles. The number of ether oxygens (including phenoxy) is 2. The zero-order valence-electron chi connectivity index (χ0n) is 15.6. The number of aryl methyl sites for hydroxylation is 1. The van der Waals surface area contributed by atoms with Crippen molar-refractivity contribution in [1.82, 2.24) is 9.97 Å². The van der Waals surface area contributed by atoms with E-state index in [9.17, 15) is 9.59 Å². The third-order valence-electron chi connectivity index (χ3n) is 4.17. The quantitative estimate of drug-likeness (QED) is 0.627. The molecule has 3 rings (SSSR count). The maximum absolute atomic E-state index is 12.6. The molecule has 0 aliphatic rings. The number of nitrogens with zero attached hydrogens (tertiary/aromatic N) is 1. The Hall–Kier alpha value is -2.87. The summed E-state index contributed by atoms with van der Waals surface area (Å²) < 4.78 is 10.4. The van der Waals surface area contributed by atoms with Crippen LogP contribution >= 0.6 is 11.3 Å². The Morgan fingerprint density at radius 2 is 2.11 bits per heavy atom. The van der Waals surface area contributed by atoms with E-state index in [2.05, 4.69) is 15.3 Å². The summed E-state index contributed by atoms with van der Waals surface area (Å²) in [5, 5.41) is 3.72. The van der Waals surface area contributed by atoms with Crippen molar-refractivity contribution in [3.63, 3.8) is 0 Å². The van der Waals surface area contributed by atoms with Crippen LogP contribution in [0.3, 0.4) is 0 Å². The van der Waals surface area contributed by atoms with Crippen molar-refractivity contribution in [2.45, 2.75) is 26.8 Å². The Labute approximate surface area is 160 Å². The highest BCUT2D eigenvalue weighted by molar-refractivity contribution is 7.20. The third-order valence-corrected chi connectivity index (χ3v) is 5.33. The number of thiophene rings is 1. The van der Waals surface area contributed by atoms with Gasteiger partial charge in [0.15, 0.2) is 0 Å². The molecule has 0 spiro atoms. The number of H-pyrrole nitrogens is 1. The number of para-hydroxylation sites is 2. The molecule has 27 heavy (non-hydrogen) atoms. The fourth-order valence-corrected chi connectivity index (χ4v) is 3.91. The number of carbonyl (C=O) groups is 1. The highest BCUT2D eigenvalue weighted by Crippen LogP contribution is 2.30. The van der Waals surface area contributed by atoms with Crippen molar-refractivity contribution >= 4 is 33.2 Å². The predicted molar refractivity (Wildman–Crippen MR) is 106 cm³/mol. The summed E-state index contributed by atoms with van der Waals surface area (Å²) in [6.45, 7) is 5.65. The van der Waals surface area contributed by atoms with Crippen molar-refractivity contribution in [2.24, 2.45) is 0 Å². The molecule has 1 aromatic carbocycles. The molecule has 2 heterocycles. The number of hydrogen-bond donors (Lipinski definition) is 2. The van der Waals surface area contributed by atoms with E-state index >= 15 is 0 Å². The smallest absolute Gasteiger partial charge is 0.348 e. The number of benzene rings is 1.